The molecular weight excluding hydrogens is 421 g/mol. The molecule has 2 aliphatic rings. The molecule has 1 N–H and O–H groups in total. The Labute approximate surface area is 195 Å². The molecule has 0 aliphatic carbocycles. The summed E-state index contributed by atoms with van der Waals surface area (Å²) in [5.41, 5.74) is 1.79. The molecule has 2 aliphatic heterocycles. The van der Waals surface area contributed by atoms with Crippen LogP contribution < -0.4 is 14.8 Å². The van der Waals surface area contributed by atoms with Crippen molar-refractivity contribution in [2.24, 2.45) is 11.8 Å². The Hall–Kier alpha value is -2.64. The predicted octanol–water partition coefficient (Wildman–Crippen LogP) is 4.01. The van der Waals surface area contributed by atoms with Crippen molar-refractivity contribution in [3.8, 4) is 11.5 Å². The summed E-state index contributed by atoms with van der Waals surface area (Å²) in [6.07, 6.45) is 3.11. The Morgan fingerprint density at radius 3 is 2.48 bits per heavy atom. The first kappa shape index (κ1) is 23.5. The lowest BCUT2D eigenvalue weighted by atomic mass is 9.86. The molecular formula is C26H34FN3O3. The fourth-order valence-electron chi connectivity index (χ4n) is 5.36. The number of benzene rings is 2. The monoisotopic (exact) mass is 455 g/mol. The molecule has 6 nitrogen and oxygen atoms in total. The lowest BCUT2D eigenvalue weighted by molar-refractivity contribution is -0.119. The summed E-state index contributed by atoms with van der Waals surface area (Å²) in [6.45, 7) is 3.67. The normalized spacial score (nSPS) is 22.3. The molecule has 7 heteroatoms. The van der Waals surface area contributed by atoms with Gasteiger partial charge in [-0.05, 0) is 75.6 Å². The number of carbonyl (C=O) groups excluding carboxylic acids is 1. The van der Waals surface area contributed by atoms with Crippen molar-refractivity contribution in [3.05, 3.63) is 53.8 Å². The number of para-hydroxylation sites is 1. The maximum absolute atomic E-state index is 13.1. The smallest absolute Gasteiger partial charge is 0.228 e. The highest BCUT2D eigenvalue weighted by Gasteiger charge is 2.39. The van der Waals surface area contributed by atoms with Crippen LogP contribution in [0.15, 0.2) is 42.5 Å². The number of hydrogen-bond acceptors (Lipinski definition) is 5. The van der Waals surface area contributed by atoms with Crippen LogP contribution in [0.5, 0.6) is 11.5 Å². The van der Waals surface area contributed by atoms with Gasteiger partial charge in [0.1, 0.15) is 5.82 Å². The average molecular weight is 456 g/mol. The minimum atomic E-state index is -0.301. The number of nitrogens with zero attached hydrogens (tertiary/aromatic N) is 2. The number of likely N-dealkylation sites (tertiary alicyclic amines) is 2. The van der Waals surface area contributed by atoms with Crippen molar-refractivity contribution in [1.82, 2.24) is 9.80 Å². The van der Waals surface area contributed by atoms with Crippen LogP contribution in [0.4, 0.5) is 10.1 Å². The number of carbonyl (C=O) groups is 1. The van der Waals surface area contributed by atoms with Gasteiger partial charge in [-0.25, -0.2) is 4.39 Å². The zero-order chi connectivity index (χ0) is 23.4. The minimum absolute atomic E-state index is 0.0264. The Kier molecular flexibility index (Phi) is 7.50. The summed E-state index contributed by atoms with van der Waals surface area (Å²) in [5.74, 6) is 1.85. The quantitative estimate of drug-likeness (QED) is 0.684. The van der Waals surface area contributed by atoms with E-state index in [-0.39, 0.29) is 17.6 Å². The number of hydrogen-bond donors (Lipinski definition) is 1. The number of ether oxygens (including phenoxy) is 2. The van der Waals surface area contributed by atoms with Crippen LogP contribution in [-0.4, -0.2) is 62.7 Å². The fraction of sp³-hybridized carbons (Fsp3) is 0.500. The Bertz CT molecular complexity index is 944. The van der Waals surface area contributed by atoms with Crippen LogP contribution in [0, 0.1) is 17.7 Å². The minimum Gasteiger partial charge on any atom is -0.493 e. The van der Waals surface area contributed by atoms with Gasteiger partial charge in [0.15, 0.2) is 11.5 Å². The summed E-state index contributed by atoms with van der Waals surface area (Å²) in [5, 5.41) is 2.95. The molecule has 1 amide bonds. The molecule has 0 aromatic heterocycles. The van der Waals surface area contributed by atoms with Gasteiger partial charge in [0.25, 0.3) is 0 Å². The molecule has 2 fully saturated rings. The zero-order valence-electron chi connectivity index (χ0n) is 19.7. The van der Waals surface area contributed by atoms with Crippen LogP contribution in [0.1, 0.15) is 24.8 Å². The first-order chi connectivity index (χ1) is 16.0. The summed E-state index contributed by atoms with van der Waals surface area (Å²) in [6, 6.07) is 12.4. The topological polar surface area (TPSA) is 54.0 Å². The molecule has 0 saturated carbocycles. The molecule has 2 saturated heterocycles. The highest BCUT2D eigenvalue weighted by Crippen LogP contribution is 2.35. The third kappa shape index (κ3) is 5.47. The third-order valence-corrected chi connectivity index (χ3v) is 7.14. The zero-order valence-corrected chi connectivity index (χ0v) is 19.7. The van der Waals surface area contributed by atoms with Gasteiger partial charge in [-0.2, -0.15) is 0 Å². The summed E-state index contributed by atoms with van der Waals surface area (Å²) < 4.78 is 24.1. The van der Waals surface area contributed by atoms with Crippen LogP contribution in [0.2, 0.25) is 0 Å². The summed E-state index contributed by atoms with van der Waals surface area (Å²) in [4.78, 5) is 17.6. The van der Waals surface area contributed by atoms with E-state index in [0.29, 0.717) is 17.6 Å². The van der Waals surface area contributed by atoms with Gasteiger partial charge in [-0.3, -0.25) is 9.69 Å². The molecule has 0 spiro atoms. The van der Waals surface area contributed by atoms with Crippen molar-refractivity contribution < 1.29 is 18.7 Å². The lowest BCUT2D eigenvalue weighted by Crippen LogP contribution is -2.41. The molecule has 33 heavy (non-hydrogen) atoms. The van der Waals surface area contributed by atoms with Gasteiger partial charge in [-0.1, -0.05) is 12.1 Å². The number of rotatable bonds is 7. The van der Waals surface area contributed by atoms with E-state index in [0.717, 1.165) is 62.5 Å². The number of amides is 1. The number of anilines is 1. The van der Waals surface area contributed by atoms with Gasteiger partial charge in [-0.15, -0.1) is 0 Å². The second kappa shape index (κ2) is 10.5. The maximum Gasteiger partial charge on any atom is 0.228 e. The Morgan fingerprint density at radius 1 is 1.09 bits per heavy atom. The lowest BCUT2D eigenvalue weighted by Gasteiger charge is -2.37. The SMILES string of the molecule is COc1cccc(CN2CCC([C@H]3C[C@H](C(=O)Nc4ccc(F)cc4)CN3C)CC2)c1OC. The molecule has 178 valence electrons. The van der Waals surface area contributed by atoms with E-state index in [1.54, 1.807) is 26.4 Å². The second-order valence-corrected chi connectivity index (χ2v) is 9.20. The van der Waals surface area contributed by atoms with E-state index < -0.39 is 0 Å². The van der Waals surface area contributed by atoms with Gasteiger partial charge >= 0.3 is 0 Å². The highest BCUT2D eigenvalue weighted by atomic mass is 19.1. The fourth-order valence-corrected chi connectivity index (χ4v) is 5.36. The molecule has 0 radical (unpaired) electrons. The number of nitrogens with one attached hydrogen (secondary N) is 1. The van der Waals surface area contributed by atoms with Crippen LogP contribution in [0.25, 0.3) is 0 Å². The second-order valence-electron chi connectivity index (χ2n) is 9.20. The third-order valence-electron chi connectivity index (χ3n) is 7.14. The largest absolute Gasteiger partial charge is 0.493 e. The molecule has 0 unspecified atom stereocenters. The Morgan fingerprint density at radius 2 is 1.82 bits per heavy atom. The summed E-state index contributed by atoms with van der Waals surface area (Å²) in [7, 11) is 5.48. The molecule has 4 rings (SSSR count). The first-order valence-electron chi connectivity index (χ1n) is 11.7. The molecule has 2 atom stereocenters. The maximum atomic E-state index is 13.1. The van der Waals surface area contributed by atoms with Gasteiger partial charge < -0.3 is 19.7 Å². The number of piperidine rings is 1. The van der Waals surface area contributed by atoms with Crippen molar-refractivity contribution in [3.63, 3.8) is 0 Å². The van der Waals surface area contributed by atoms with Crippen LogP contribution >= 0.6 is 0 Å². The van der Waals surface area contributed by atoms with E-state index in [1.165, 1.54) is 12.1 Å². The number of halogens is 1. The van der Waals surface area contributed by atoms with E-state index in [2.05, 4.69) is 28.2 Å². The van der Waals surface area contributed by atoms with Crippen LogP contribution in [0.3, 0.4) is 0 Å². The van der Waals surface area contributed by atoms with Crippen molar-refractivity contribution >= 4 is 11.6 Å². The van der Waals surface area contributed by atoms with E-state index in [9.17, 15) is 9.18 Å². The first-order valence-corrected chi connectivity index (χ1v) is 11.7. The van der Waals surface area contributed by atoms with Crippen molar-refractivity contribution in [2.75, 3.05) is 46.2 Å². The Balaban J connectivity index is 1.30. The summed E-state index contributed by atoms with van der Waals surface area (Å²) >= 11 is 0. The van der Waals surface area contributed by atoms with E-state index >= 15 is 0 Å². The van der Waals surface area contributed by atoms with E-state index in [1.807, 2.05) is 12.1 Å². The molecule has 2 aromatic rings. The van der Waals surface area contributed by atoms with Gasteiger partial charge in [0.05, 0.1) is 20.1 Å². The molecule has 0 bridgehead atoms. The van der Waals surface area contributed by atoms with Gasteiger partial charge in [0.2, 0.25) is 5.91 Å². The molecule has 2 aromatic carbocycles. The van der Waals surface area contributed by atoms with Crippen LogP contribution in [-0.2, 0) is 11.3 Å². The van der Waals surface area contributed by atoms with Gasteiger partial charge in [0, 0.05) is 30.4 Å². The number of methoxy groups -OCH3 is 2. The standard InChI is InChI=1S/C26H34FN3O3/c1-29-16-20(26(31)28-22-9-7-21(27)8-10-22)15-23(29)18-11-13-30(14-12-18)17-19-5-4-6-24(32-2)25(19)33-3/h4-10,18,20,23H,11-17H2,1-3H3,(H,28,31)/t20-,23+/m0/s1. The highest BCUT2D eigenvalue weighted by molar-refractivity contribution is 5.92. The predicted molar refractivity (Wildman–Crippen MR) is 127 cm³/mol. The van der Waals surface area contributed by atoms with Crippen molar-refractivity contribution in [1.29, 1.82) is 0 Å². The van der Waals surface area contributed by atoms with Crippen molar-refractivity contribution in [2.45, 2.75) is 31.8 Å². The average Bonchev–Trinajstić information content (AvgIpc) is 3.22. The molecule has 2 heterocycles. The van der Waals surface area contributed by atoms with E-state index in [4.69, 9.17) is 9.47 Å².